The number of hydrogen-bond donors (Lipinski definition) is 2. The molecule has 4 rings (SSSR count). The number of ketones is 1. The Bertz CT molecular complexity index is 1000. The highest BCUT2D eigenvalue weighted by Gasteiger charge is 2.19. The van der Waals surface area contributed by atoms with Gasteiger partial charge >= 0.3 is 0 Å². The number of hydrogen-bond acceptors (Lipinski definition) is 5. The van der Waals surface area contributed by atoms with E-state index in [-0.39, 0.29) is 11.5 Å². The topological polar surface area (TPSA) is 80.0 Å². The van der Waals surface area contributed by atoms with E-state index >= 15 is 0 Å². The summed E-state index contributed by atoms with van der Waals surface area (Å²) in [4.78, 5) is 17.1. The molecule has 3 aromatic rings. The fraction of sp³-hybridized carbons (Fsp3) is 0.105. The third-order valence-electron chi connectivity index (χ3n) is 4.13. The number of carbonyl (C=O) groups excluding carboxylic acids is 1. The van der Waals surface area contributed by atoms with Gasteiger partial charge in [-0.3, -0.25) is 14.5 Å². The third kappa shape index (κ3) is 2.89. The van der Waals surface area contributed by atoms with Crippen molar-refractivity contribution in [3.05, 3.63) is 72.0 Å². The average Bonchev–Trinajstić information content (AvgIpc) is 3.06. The second-order valence-electron chi connectivity index (χ2n) is 5.95. The molecule has 0 bridgehead atoms. The molecule has 6 heteroatoms. The number of aromatic hydroxyl groups is 1. The molecule has 2 aromatic heterocycles. The van der Waals surface area contributed by atoms with Gasteiger partial charge in [0, 0.05) is 42.6 Å². The molecule has 0 spiro atoms. The van der Waals surface area contributed by atoms with Gasteiger partial charge in [-0.05, 0) is 18.2 Å². The molecule has 0 unspecified atom stereocenters. The lowest BCUT2D eigenvalue weighted by atomic mass is 10.0. The summed E-state index contributed by atoms with van der Waals surface area (Å²) in [6.45, 7) is 0. The van der Waals surface area contributed by atoms with E-state index in [0.717, 1.165) is 22.5 Å². The summed E-state index contributed by atoms with van der Waals surface area (Å²) in [7, 11) is 1.86. The van der Waals surface area contributed by atoms with E-state index in [1.807, 2.05) is 31.6 Å². The number of aromatic nitrogens is 3. The summed E-state index contributed by atoms with van der Waals surface area (Å²) < 4.78 is 1.74. The number of allylic oxidation sites excluding steroid dienone is 2. The molecule has 1 aromatic carbocycles. The predicted molar refractivity (Wildman–Crippen MR) is 94.3 cm³/mol. The lowest BCUT2D eigenvalue weighted by molar-refractivity contribution is 0.103. The molecular formula is C19H16N4O2. The van der Waals surface area contributed by atoms with Crippen molar-refractivity contribution in [3.8, 4) is 16.9 Å². The number of pyridine rings is 1. The van der Waals surface area contributed by atoms with Gasteiger partial charge in [-0.1, -0.05) is 18.2 Å². The Labute approximate surface area is 144 Å². The molecule has 0 amide bonds. The number of rotatable bonds is 3. The van der Waals surface area contributed by atoms with E-state index in [4.69, 9.17) is 0 Å². The van der Waals surface area contributed by atoms with Gasteiger partial charge in [0.15, 0.2) is 0 Å². The highest BCUT2D eigenvalue weighted by atomic mass is 16.3. The zero-order valence-corrected chi connectivity index (χ0v) is 13.6. The molecule has 25 heavy (non-hydrogen) atoms. The van der Waals surface area contributed by atoms with Crippen LogP contribution in [0.2, 0.25) is 0 Å². The number of Topliss-reactive ketones (excluding diaryl/α,β-unsaturated/α-hetero) is 1. The zero-order chi connectivity index (χ0) is 17.4. The van der Waals surface area contributed by atoms with Crippen LogP contribution in [-0.2, 0) is 13.5 Å². The normalized spacial score (nSPS) is 12.9. The number of fused-ring (bicyclic) bond motifs is 1. The second kappa shape index (κ2) is 5.90. The van der Waals surface area contributed by atoms with E-state index in [9.17, 15) is 9.90 Å². The number of nitrogens with one attached hydrogen (secondary N) is 1. The summed E-state index contributed by atoms with van der Waals surface area (Å²) in [5.41, 5.74) is 4.54. The Morgan fingerprint density at radius 2 is 2.12 bits per heavy atom. The molecule has 0 fully saturated rings. The zero-order valence-electron chi connectivity index (χ0n) is 13.6. The third-order valence-corrected chi connectivity index (χ3v) is 4.13. The number of phenols is 1. The van der Waals surface area contributed by atoms with Gasteiger partial charge < -0.3 is 10.4 Å². The molecule has 1 aliphatic rings. The summed E-state index contributed by atoms with van der Waals surface area (Å²) in [5, 5.41) is 16.9. The number of aryl methyl sites for hydroxylation is 1. The number of nitrogens with zero attached hydrogens (tertiary/aromatic N) is 3. The van der Waals surface area contributed by atoms with E-state index in [0.29, 0.717) is 17.7 Å². The molecule has 6 nitrogen and oxygen atoms in total. The van der Waals surface area contributed by atoms with Crippen molar-refractivity contribution >= 4 is 11.5 Å². The van der Waals surface area contributed by atoms with Crippen LogP contribution in [0.15, 0.2) is 60.7 Å². The Hall–Kier alpha value is -3.41. The van der Waals surface area contributed by atoms with Gasteiger partial charge in [0.25, 0.3) is 0 Å². The van der Waals surface area contributed by atoms with Crippen LogP contribution in [0.4, 0.5) is 5.69 Å². The SMILES string of the molecule is Cn1cc(-c2cnc3c(c2)NC(C(=O)c2cccc(O)c2)=CC3)cn1. The van der Waals surface area contributed by atoms with Crippen LogP contribution in [0.3, 0.4) is 0 Å². The number of benzene rings is 1. The maximum absolute atomic E-state index is 12.6. The lowest BCUT2D eigenvalue weighted by Gasteiger charge is -2.18. The predicted octanol–water partition coefficient (Wildman–Crippen LogP) is 2.92. The van der Waals surface area contributed by atoms with Crippen LogP contribution in [0.1, 0.15) is 16.1 Å². The number of anilines is 1. The summed E-state index contributed by atoms with van der Waals surface area (Å²) in [6.07, 6.45) is 7.91. The van der Waals surface area contributed by atoms with Crippen LogP contribution in [0, 0.1) is 0 Å². The first-order valence-electron chi connectivity index (χ1n) is 7.89. The van der Waals surface area contributed by atoms with Crippen LogP contribution < -0.4 is 5.32 Å². The maximum Gasteiger partial charge on any atom is 0.208 e. The van der Waals surface area contributed by atoms with E-state index < -0.39 is 0 Å². The average molecular weight is 332 g/mol. The van der Waals surface area contributed by atoms with Gasteiger partial charge in [-0.2, -0.15) is 5.10 Å². The Morgan fingerprint density at radius 3 is 2.88 bits per heavy atom. The van der Waals surface area contributed by atoms with Crippen molar-refractivity contribution in [2.24, 2.45) is 7.05 Å². The molecule has 0 aliphatic carbocycles. The van der Waals surface area contributed by atoms with Gasteiger partial charge in [0.05, 0.1) is 23.3 Å². The van der Waals surface area contributed by atoms with Crippen molar-refractivity contribution in [3.63, 3.8) is 0 Å². The van der Waals surface area contributed by atoms with E-state index in [1.54, 1.807) is 29.1 Å². The molecule has 124 valence electrons. The maximum atomic E-state index is 12.6. The minimum absolute atomic E-state index is 0.0724. The fourth-order valence-corrected chi connectivity index (χ4v) is 2.84. The first kappa shape index (κ1) is 15.1. The largest absolute Gasteiger partial charge is 0.508 e. The van der Waals surface area contributed by atoms with Gasteiger partial charge in [0.2, 0.25) is 5.78 Å². The highest BCUT2D eigenvalue weighted by molar-refractivity contribution is 6.11. The summed E-state index contributed by atoms with van der Waals surface area (Å²) in [5.74, 6) is -0.0866. The van der Waals surface area contributed by atoms with Crippen molar-refractivity contribution in [2.45, 2.75) is 6.42 Å². The number of phenolic OH excluding ortho intramolecular Hbond substituents is 1. The van der Waals surface area contributed by atoms with Crippen LogP contribution in [0.5, 0.6) is 5.75 Å². The second-order valence-corrected chi connectivity index (χ2v) is 5.95. The minimum Gasteiger partial charge on any atom is -0.508 e. The van der Waals surface area contributed by atoms with E-state index in [2.05, 4.69) is 15.4 Å². The van der Waals surface area contributed by atoms with Gasteiger partial charge in [-0.15, -0.1) is 0 Å². The minimum atomic E-state index is -0.159. The van der Waals surface area contributed by atoms with Crippen molar-refractivity contribution in [1.29, 1.82) is 0 Å². The Balaban J connectivity index is 1.63. The fourth-order valence-electron chi connectivity index (χ4n) is 2.84. The number of carbonyl (C=O) groups is 1. The molecule has 0 saturated carbocycles. The van der Waals surface area contributed by atoms with Gasteiger partial charge in [0.1, 0.15) is 5.75 Å². The first-order valence-corrected chi connectivity index (χ1v) is 7.89. The molecule has 0 radical (unpaired) electrons. The molecule has 0 atom stereocenters. The molecular weight excluding hydrogens is 316 g/mol. The van der Waals surface area contributed by atoms with Gasteiger partial charge in [-0.25, -0.2) is 0 Å². The lowest BCUT2D eigenvalue weighted by Crippen LogP contribution is -2.17. The highest BCUT2D eigenvalue weighted by Crippen LogP contribution is 2.28. The standard InChI is InChI=1S/C19H16N4O2/c1-23-11-14(10-21-23)13-8-18-16(20-9-13)5-6-17(22-18)19(25)12-3-2-4-15(24)7-12/h2-4,6-11,22,24H,5H2,1H3. The Morgan fingerprint density at radius 1 is 1.24 bits per heavy atom. The first-order chi connectivity index (χ1) is 12.1. The van der Waals surface area contributed by atoms with Crippen molar-refractivity contribution < 1.29 is 9.90 Å². The van der Waals surface area contributed by atoms with Crippen molar-refractivity contribution in [2.75, 3.05) is 5.32 Å². The molecule has 1 aliphatic heterocycles. The monoisotopic (exact) mass is 332 g/mol. The Kier molecular flexibility index (Phi) is 3.57. The van der Waals surface area contributed by atoms with E-state index in [1.165, 1.54) is 6.07 Å². The van der Waals surface area contributed by atoms with Crippen molar-refractivity contribution in [1.82, 2.24) is 14.8 Å². The smallest absolute Gasteiger partial charge is 0.208 e. The summed E-state index contributed by atoms with van der Waals surface area (Å²) in [6, 6.07) is 8.32. The summed E-state index contributed by atoms with van der Waals surface area (Å²) >= 11 is 0. The molecule has 3 heterocycles. The quantitative estimate of drug-likeness (QED) is 0.721. The molecule has 0 saturated heterocycles. The van der Waals surface area contributed by atoms with Crippen LogP contribution >= 0.6 is 0 Å². The molecule has 2 N–H and O–H groups in total. The van der Waals surface area contributed by atoms with Crippen LogP contribution in [0.25, 0.3) is 11.1 Å². The van der Waals surface area contributed by atoms with Crippen LogP contribution in [-0.4, -0.2) is 25.7 Å².